The number of nitrogens with zero attached hydrogens (tertiary/aromatic N) is 2. The Labute approximate surface area is 168 Å². The maximum atomic E-state index is 14.5. The van der Waals surface area contributed by atoms with Crippen LogP contribution in [-0.2, 0) is 14.3 Å². The molecule has 28 heavy (non-hydrogen) atoms. The molecule has 2 aliphatic rings. The summed E-state index contributed by atoms with van der Waals surface area (Å²) in [7, 11) is 0. The van der Waals surface area contributed by atoms with Gasteiger partial charge in [0.2, 0.25) is 0 Å². The maximum absolute atomic E-state index is 14.5. The Morgan fingerprint density at radius 3 is 2.54 bits per heavy atom. The molecule has 1 aromatic carbocycles. The molecule has 2 aliphatic heterocycles. The highest BCUT2D eigenvalue weighted by molar-refractivity contribution is 6.53. The zero-order valence-corrected chi connectivity index (χ0v) is 15.8. The number of allylic oxidation sites excluding steroid dienone is 1. The number of benzene rings is 1. The average Bonchev–Trinajstić information content (AvgIpc) is 3.01. The van der Waals surface area contributed by atoms with E-state index in [9.17, 15) is 23.2 Å². The lowest BCUT2D eigenvalue weighted by Gasteiger charge is -2.25. The van der Waals surface area contributed by atoms with E-state index in [0.29, 0.717) is 0 Å². The first-order valence-corrected chi connectivity index (χ1v) is 9.14. The van der Waals surface area contributed by atoms with Gasteiger partial charge in [-0.2, -0.15) is 0 Å². The highest BCUT2D eigenvalue weighted by Crippen LogP contribution is 2.32. The predicted molar refractivity (Wildman–Crippen MR) is 98.6 cm³/mol. The van der Waals surface area contributed by atoms with Crippen molar-refractivity contribution in [1.29, 1.82) is 0 Å². The quantitative estimate of drug-likeness (QED) is 0.721. The molecule has 0 aliphatic carbocycles. The molecule has 0 spiro atoms. The fraction of sp³-hybridized carbons (Fsp3) is 0.353. The van der Waals surface area contributed by atoms with Crippen molar-refractivity contribution in [2.45, 2.75) is 17.4 Å². The van der Waals surface area contributed by atoms with E-state index in [1.807, 2.05) is 0 Å². The Morgan fingerprint density at radius 1 is 1.29 bits per heavy atom. The number of carbonyl (C=O) groups excluding carboxylic acids is 3. The van der Waals surface area contributed by atoms with Crippen LogP contribution in [0.5, 0.6) is 0 Å². The van der Waals surface area contributed by atoms with Crippen molar-refractivity contribution in [2.75, 3.05) is 29.4 Å². The highest BCUT2D eigenvalue weighted by atomic mass is 35.5. The summed E-state index contributed by atoms with van der Waals surface area (Å²) in [5.41, 5.74) is -0.332. The molecule has 2 heterocycles. The molecule has 1 N–H and O–H groups in total. The van der Waals surface area contributed by atoms with Gasteiger partial charge in [-0.15, -0.1) is 0 Å². The Kier molecular flexibility index (Phi) is 6.04. The first-order valence-electron chi connectivity index (χ1n) is 8.27. The van der Waals surface area contributed by atoms with Crippen LogP contribution < -0.4 is 15.1 Å². The van der Waals surface area contributed by atoms with E-state index < -0.39 is 34.6 Å². The number of hydrogen-bond acceptors (Lipinski definition) is 5. The lowest BCUT2D eigenvalue weighted by molar-refractivity contribution is -0.119. The standard InChI is InChI=1S/C17H15Cl2F2N3O4/c18-15(19)16(26)22-7-11-8-24(17(27)28-11)9-5-12(20)14(13(21)6-9)23-3-1-10(25)2-4-23/h1,3,5-6,11,15H,2,4,7-8H2,(H,22,26). The molecule has 0 aromatic heterocycles. The molecular weight excluding hydrogens is 419 g/mol. The number of hydrogen-bond donors (Lipinski definition) is 1. The van der Waals surface area contributed by atoms with Gasteiger partial charge in [-0.25, -0.2) is 13.6 Å². The minimum atomic E-state index is -1.26. The van der Waals surface area contributed by atoms with E-state index in [-0.39, 0.29) is 43.2 Å². The lowest BCUT2D eigenvalue weighted by atomic mass is 10.1. The van der Waals surface area contributed by atoms with Crippen molar-refractivity contribution in [2.24, 2.45) is 0 Å². The van der Waals surface area contributed by atoms with Crippen LogP contribution in [-0.4, -0.2) is 48.4 Å². The van der Waals surface area contributed by atoms with E-state index in [1.165, 1.54) is 17.2 Å². The van der Waals surface area contributed by atoms with Crippen molar-refractivity contribution in [3.8, 4) is 0 Å². The number of ether oxygens (including phenoxy) is 1. The Hall–Kier alpha value is -2.39. The topological polar surface area (TPSA) is 79.0 Å². The average molecular weight is 434 g/mol. The van der Waals surface area contributed by atoms with Gasteiger partial charge >= 0.3 is 6.09 Å². The minimum Gasteiger partial charge on any atom is -0.442 e. The summed E-state index contributed by atoms with van der Waals surface area (Å²) in [6.07, 6.45) is 1.18. The molecule has 1 saturated heterocycles. The summed E-state index contributed by atoms with van der Waals surface area (Å²) >= 11 is 10.8. The van der Waals surface area contributed by atoms with Gasteiger partial charge in [0.15, 0.2) is 22.3 Å². The van der Waals surface area contributed by atoms with Crippen LogP contribution >= 0.6 is 23.2 Å². The molecule has 1 aromatic rings. The normalized spacial score (nSPS) is 19.4. The van der Waals surface area contributed by atoms with Gasteiger partial charge in [-0.05, 0) is 6.08 Å². The third kappa shape index (κ3) is 4.36. The molecule has 150 valence electrons. The van der Waals surface area contributed by atoms with Crippen LogP contribution in [0.2, 0.25) is 0 Å². The summed E-state index contributed by atoms with van der Waals surface area (Å²) in [6.45, 7) is 0.0789. The Balaban J connectivity index is 1.73. The largest absolute Gasteiger partial charge is 0.442 e. The van der Waals surface area contributed by atoms with Gasteiger partial charge in [0, 0.05) is 31.3 Å². The smallest absolute Gasteiger partial charge is 0.414 e. The minimum absolute atomic E-state index is 0.0231. The van der Waals surface area contributed by atoms with Gasteiger partial charge in [-0.3, -0.25) is 14.5 Å². The fourth-order valence-corrected chi connectivity index (χ4v) is 3.01. The van der Waals surface area contributed by atoms with E-state index in [1.54, 1.807) is 0 Å². The van der Waals surface area contributed by atoms with Crippen LogP contribution in [0.3, 0.4) is 0 Å². The monoisotopic (exact) mass is 433 g/mol. The van der Waals surface area contributed by atoms with E-state index in [0.717, 1.165) is 17.0 Å². The number of rotatable bonds is 5. The Bertz CT molecular complexity index is 827. The van der Waals surface area contributed by atoms with Crippen molar-refractivity contribution in [3.63, 3.8) is 0 Å². The maximum Gasteiger partial charge on any atom is 0.414 e. The second-order valence-corrected chi connectivity index (χ2v) is 7.24. The molecule has 1 atom stereocenters. The van der Waals surface area contributed by atoms with Crippen LogP contribution in [0.25, 0.3) is 0 Å². The van der Waals surface area contributed by atoms with E-state index in [4.69, 9.17) is 27.9 Å². The van der Waals surface area contributed by atoms with Gasteiger partial charge in [0.25, 0.3) is 5.91 Å². The summed E-state index contributed by atoms with van der Waals surface area (Å²) in [6, 6.07) is 2.02. The van der Waals surface area contributed by atoms with Gasteiger partial charge < -0.3 is 15.0 Å². The number of carbonyl (C=O) groups is 3. The zero-order chi connectivity index (χ0) is 20.4. The third-order valence-corrected chi connectivity index (χ3v) is 4.61. The summed E-state index contributed by atoms with van der Waals surface area (Å²) in [5.74, 6) is -2.54. The summed E-state index contributed by atoms with van der Waals surface area (Å²) < 4.78 is 34.2. The summed E-state index contributed by atoms with van der Waals surface area (Å²) in [5, 5.41) is 2.40. The molecule has 1 fully saturated rings. The molecule has 7 nitrogen and oxygen atoms in total. The van der Waals surface area contributed by atoms with Crippen molar-refractivity contribution in [1.82, 2.24) is 5.32 Å². The fourth-order valence-electron chi connectivity index (χ4n) is 2.86. The molecule has 1 unspecified atom stereocenters. The number of halogens is 4. The van der Waals surface area contributed by atoms with Crippen LogP contribution in [0.15, 0.2) is 24.4 Å². The molecule has 0 bridgehead atoms. The number of ketones is 1. The molecule has 0 radical (unpaired) electrons. The second kappa shape index (κ2) is 8.32. The predicted octanol–water partition coefficient (Wildman–Crippen LogP) is 2.50. The van der Waals surface area contributed by atoms with Crippen molar-refractivity contribution >= 4 is 52.4 Å². The third-order valence-electron chi connectivity index (χ3n) is 4.22. The highest BCUT2D eigenvalue weighted by Gasteiger charge is 2.34. The number of alkyl halides is 2. The van der Waals surface area contributed by atoms with Crippen molar-refractivity contribution in [3.05, 3.63) is 36.0 Å². The first kappa shape index (κ1) is 20.3. The Morgan fingerprint density at radius 2 is 1.96 bits per heavy atom. The van der Waals surface area contributed by atoms with Gasteiger partial charge in [0.05, 0.1) is 18.8 Å². The number of nitrogens with one attached hydrogen (secondary N) is 1. The van der Waals surface area contributed by atoms with Crippen LogP contribution in [0, 0.1) is 11.6 Å². The molecule has 2 amide bonds. The number of anilines is 2. The van der Waals surface area contributed by atoms with Gasteiger partial charge in [0.1, 0.15) is 11.8 Å². The molecule has 11 heteroatoms. The SMILES string of the molecule is O=C1C=CN(c2c(F)cc(N3CC(CNC(=O)C(Cl)Cl)OC3=O)cc2F)CC1. The van der Waals surface area contributed by atoms with Crippen molar-refractivity contribution < 1.29 is 27.9 Å². The summed E-state index contributed by atoms with van der Waals surface area (Å²) in [4.78, 5) is 35.7. The molecule has 0 saturated carbocycles. The lowest BCUT2D eigenvalue weighted by Crippen LogP contribution is -2.37. The first-order chi connectivity index (χ1) is 13.3. The number of amides is 2. The number of cyclic esters (lactones) is 1. The van der Waals surface area contributed by atoms with Crippen LogP contribution in [0.4, 0.5) is 25.0 Å². The van der Waals surface area contributed by atoms with E-state index >= 15 is 0 Å². The van der Waals surface area contributed by atoms with Gasteiger partial charge in [-0.1, -0.05) is 23.2 Å². The second-order valence-electron chi connectivity index (χ2n) is 6.15. The zero-order valence-electron chi connectivity index (χ0n) is 14.3. The van der Waals surface area contributed by atoms with E-state index in [2.05, 4.69) is 5.32 Å². The van der Waals surface area contributed by atoms with Crippen LogP contribution in [0.1, 0.15) is 6.42 Å². The molecule has 3 rings (SSSR count). The molecular formula is C17H15Cl2F2N3O4.